The molecule has 2 aliphatic rings. The molecule has 0 saturated carbocycles. The third-order valence-electron chi connectivity index (χ3n) is 6.58. The van der Waals surface area contributed by atoms with Crippen molar-refractivity contribution >= 4 is 53.5 Å². The van der Waals surface area contributed by atoms with Crippen LogP contribution in [0.3, 0.4) is 0 Å². The van der Waals surface area contributed by atoms with Gasteiger partial charge in [-0.05, 0) is 23.8 Å². The number of aliphatic hydroxyl groups is 2. The molecule has 1 aromatic rings. The minimum absolute atomic E-state index is 0.0592. The smallest absolute Gasteiger partial charge is 0.371 e. The van der Waals surface area contributed by atoms with Crippen molar-refractivity contribution in [3.05, 3.63) is 47.7 Å². The third kappa shape index (κ3) is 11.1. The summed E-state index contributed by atoms with van der Waals surface area (Å²) in [5, 5.41) is 39.0. The first-order valence-electron chi connectivity index (χ1n) is 14.8. The number of hydrogen-bond donors (Lipinski definition) is 7. The molecule has 264 valence electrons. The van der Waals surface area contributed by atoms with Gasteiger partial charge < -0.3 is 55.5 Å². The van der Waals surface area contributed by atoms with Crippen molar-refractivity contribution in [2.24, 2.45) is 0 Å². The fraction of sp³-hybridized carbons (Fsp3) is 0.379. The van der Waals surface area contributed by atoms with Gasteiger partial charge in [0.15, 0.2) is 7.47 Å². The molecule has 0 bridgehead atoms. The number of nitrogens with zero attached hydrogens (tertiary/aromatic N) is 1. The lowest BCUT2D eigenvalue weighted by Gasteiger charge is -2.31. The number of nitrogens with one attached hydrogen (secondary N) is 4. The second-order valence-electron chi connectivity index (χ2n) is 10.2. The fourth-order valence-corrected chi connectivity index (χ4v) is 4.13. The van der Waals surface area contributed by atoms with Crippen molar-refractivity contribution in [1.29, 1.82) is 0 Å². The van der Waals surface area contributed by atoms with Gasteiger partial charge in [-0.3, -0.25) is 38.5 Å². The number of benzene rings is 1. The van der Waals surface area contributed by atoms with E-state index in [9.17, 15) is 53.7 Å². The molecule has 0 fully saturated rings. The minimum atomic E-state index is -1.78. The maximum atomic E-state index is 13.1. The number of amides is 6. The van der Waals surface area contributed by atoms with Gasteiger partial charge in [0.2, 0.25) is 29.4 Å². The second kappa shape index (κ2) is 17.9. The molecule has 0 aromatic heterocycles. The molecule has 7 N–H and O–H groups in total. The van der Waals surface area contributed by atoms with Crippen molar-refractivity contribution in [2.75, 3.05) is 38.7 Å². The highest BCUT2D eigenvalue weighted by Gasteiger charge is 2.37. The third-order valence-corrected chi connectivity index (χ3v) is 6.58. The first-order valence-corrected chi connectivity index (χ1v) is 14.3. The molecular formula is C29H33N5O15. The average Bonchev–Trinajstić information content (AvgIpc) is 3.38. The zero-order valence-electron chi connectivity index (χ0n) is 26.7. The van der Waals surface area contributed by atoms with Gasteiger partial charge >= 0.3 is 5.97 Å². The number of aliphatic hydroxyl groups excluding tert-OH is 2. The van der Waals surface area contributed by atoms with Gasteiger partial charge in [-0.25, -0.2) is 4.79 Å². The van der Waals surface area contributed by atoms with Gasteiger partial charge in [-0.15, -0.1) is 0 Å². The molecule has 0 spiro atoms. The standard InChI is InChI=1S/C29H33N5O15/c1-46-7-6-21(37)30-10-17(33-23(39)12-34-24(40)4-5-25(34)41)27(43)31-11-22(38)32-16-8-15(13-47-14-35)2-3-19(16)48-29-26(42)18(36)9-20(49-29)28(44)45/h2-5,8-9,14,17-18,26,29,36,42H,6-7,10-13H2,1H3,(H,30,37)(H,31,43)(H,32,38)(H,33,39)(H,44,45)/t17?,18-,26+,29+/m0/s1/i14D. The van der Waals surface area contributed by atoms with Crippen LogP contribution in [0, 0.1) is 0 Å². The van der Waals surface area contributed by atoms with Crippen LogP contribution in [0.5, 0.6) is 5.75 Å². The number of rotatable bonds is 17. The molecule has 0 aliphatic carbocycles. The molecule has 49 heavy (non-hydrogen) atoms. The number of anilines is 1. The Labute approximate surface area is 278 Å². The van der Waals surface area contributed by atoms with Crippen molar-refractivity contribution in [3.63, 3.8) is 0 Å². The predicted molar refractivity (Wildman–Crippen MR) is 159 cm³/mol. The van der Waals surface area contributed by atoms with Crippen LogP contribution in [-0.2, 0) is 59.2 Å². The molecule has 0 radical (unpaired) electrons. The van der Waals surface area contributed by atoms with Gasteiger partial charge in [-0.2, -0.15) is 0 Å². The summed E-state index contributed by atoms with van der Waals surface area (Å²) in [6, 6.07) is 2.29. The zero-order valence-corrected chi connectivity index (χ0v) is 25.7. The van der Waals surface area contributed by atoms with Crippen LogP contribution in [0.4, 0.5) is 5.69 Å². The number of hydrogen-bond acceptors (Lipinski definition) is 14. The number of methoxy groups -OCH3 is 1. The van der Waals surface area contributed by atoms with E-state index in [1.807, 2.05) is 0 Å². The summed E-state index contributed by atoms with van der Waals surface area (Å²) in [4.78, 5) is 97.4. The SMILES string of the molecule is [2H]C(=O)OCc1ccc(O[C@@H]2OC(C(=O)O)=C[C@H](O)[C@H]2O)c(NC(=O)CNC(=O)C(CNC(=O)CCOC)NC(=O)CN2C(=O)C=CC2=O)c1. The first-order chi connectivity index (χ1) is 23.7. The summed E-state index contributed by atoms with van der Waals surface area (Å²) in [6.07, 6.45) is -4.02. The van der Waals surface area contributed by atoms with E-state index in [1.165, 1.54) is 25.3 Å². The van der Waals surface area contributed by atoms with Crippen LogP contribution >= 0.6 is 0 Å². The van der Waals surface area contributed by atoms with Gasteiger partial charge in [-0.1, -0.05) is 6.07 Å². The Kier molecular flexibility index (Phi) is 13.1. The zero-order chi connectivity index (χ0) is 37.0. The minimum Gasteiger partial charge on any atom is -0.475 e. The van der Waals surface area contributed by atoms with E-state index in [2.05, 4.69) is 26.0 Å². The van der Waals surface area contributed by atoms with Crippen LogP contribution in [0.25, 0.3) is 0 Å². The summed E-state index contributed by atoms with van der Waals surface area (Å²) < 4.78 is 27.0. The molecule has 0 saturated heterocycles. The Balaban J connectivity index is 1.72. The maximum absolute atomic E-state index is 13.1. The number of carbonyl (C=O) groups is 8. The van der Waals surface area contributed by atoms with Crippen molar-refractivity contribution in [2.45, 2.75) is 37.6 Å². The van der Waals surface area contributed by atoms with Crippen molar-refractivity contribution < 1.29 is 74.0 Å². The molecular weight excluding hydrogens is 658 g/mol. The molecule has 1 aromatic carbocycles. The molecule has 3 rings (SSSR count). The lowest BCUT2D eigenvalue weighted by Crippen LogP contribution is -2.55. The Hall–Kier alpha value is -5.86. The summed E-state index contributed by atoms with van der Waals surface area (Å²) in [5.74, 6) is -7.39. The Morgan fingerprint density at radius 1 is 1.08 bits per heavy atom. The molecule has 20 heteroatoms. The Bertz CT molecular complexity index is 1560. The number of carbonyl (C=O) groups excluding carboxylic acids is 7. The first kappa shape index (κ1) is 36.0. The lowest BCUT2D eigenvalue weighted by atomic mass is 10.1. The van der Waals surface area contributed by atoms with Gasteiger partial charge in [0.05, 0.1) is 18.8 Å². The number of ether oxygens (including phenoxy) is 4. The summed E-state index contributed by atoms with van der Waals surface area (Å²) in [5.41, 5.74) is 0.0500. The van der Waals surface area contributed by atoms with E-state index in [1.54, 1.807) is 0 Å². The van der Waals surface area contributed by atoms with Crippen LogP contribution in [-0.4, -0.2) is 126 Å². The molecule has 1 unspecified atom stereocenters. The largest absolute Gasteiger partial charge is 0.475 e. The average molecular weight is 693 g/mol. The molecule has 2 aliphatic heterocycles. The van der Waals surface area contributed by atoms with E-state index in [4.69, 9.17) is 15.6 Å². The summed E-state index contributed by atoms with van der Waals surface area (Å²) in [6.45, 7) is -2.31. The van der Waals surface area contributed by atoms with Crippen molar-refractivity contribution in [1.82, 2.24) is 20.9 Å². The number of carboxylic acid groups (broad SMARTS) is 1. The number of carboxylic acids is 1. The molecule has 4 atom stereocenters. The molecule has 2 heterocycles. The Morgan fingerprint density at radius 2 is 1.80 bits per heavy atom. The number of aliphatic carboxylic acids is 1. The van der Waals surface area contributed by atoms with Crippen molar-refractivity contribution in [3.8, 4) is 5.75 Å². The van der Waals surface area contributed by atoms with E-state index in [0.717, 1.165) is 18.2 Å². The maximum Gasteiger partial charge on any atom is 0.371 e. The highest BCUT2D eigenvalue weighted by molar-refractivity contribution is 6.14. The molecule has 20 nitrogen and oxygen atoms in total. The topological polar surface area (TPSA) is 286 Å². The van der Waals surface area contributed by atoms with E-state index >= 15 is 0 Å². The second-order valence-corrected chi connectivity index (χ2v) is 10.2. The van der Waals surface area contributed by atoms with E-state index in [-0.39, 0.29) is 30.0 Å². The quantitative estimate of drug-likeness (QED) is 0.0613. The highest BCUT2D eigenvalue weighted by Crippen LogP contribution is 2.30. The van der Waals surface area contributed by atoms with E-state index < -0.39 is 104 Å². The normalized spacial score (nSPS) is 19.1. The van der Waals surface area contributed by atoms with Gasteiger partial charge in [0.25, 0.3) is 24.6 Å². The Morgan fingerprint density at radius 3 is 2.45 bits per heavy atom. The van der Waals surface area contributed by atoms with Gasteiger partial charge in [0.1, 0.15) is 31.0 Å². The number of imide groups is 1. The highest BCUT2D eigenvalue weighted by atomic mass is 16.7. The summed E-state index contributed by atoms with van der Waals surface area (Å²) in [7, 11) is 1.37. The van der Waals surface area contributed by atoms with Gasteiger partial charge in [0, 0.05) is 32.2 Å². The lowest BCUT2D eigenvalue weighted by molar-refractivity contribution is -0.172. The van der Waals surface area contributed by atoms with Crippen LogP contribution in [0.2, 0.25) is 0 Å². The van der Waals surface area contributed by atoms with Crippen LogP contribution < -0.4 is 26.0 Å². The monoisotopic (exact) mass is 692 g/mol. The molecule has 6 amide bonds. The van der Waals surface area contributed by atoms with E-state index in [0.29, 0.717) is 4.90 Å². The summed E-state index contributed by atoms with van der Waals surface area (Å²) >= 11 is 0. The fourth-order valence-electron chi connectivity index (χ4n) is 4.13. The van der Waals surface area contributed by atoms with Crippen LogP contribution in [0.15, 0.2) is 42.2 Å². The predicted octanol–water partition coefficient (Wildman–Crippen LogP) is -3.60. The van der Waals surface area contributed by atoms with Crippen LogP contribution in [0.1, 0.15) is 13.4 Å².